The van der Waals surface area contributed by atoms with E-state index >= 15 is 0 Å². The van der Waals surface area contributed by atoms with Crippen LogP contribution < -0.4 is 5.32 Å². The van der Waals surface area contributed by atoms with Gasteiger partial charge in [-0.2, -0.15) is 0 Å². The van der Waals surface area contributed by atoms with Gasteiger partial charge in [0.25, 0.3) is 5.91 Å². The summed E-state index contributed by atoms with van der Waals surface area (Å²) in [5.41, 5.74) is 0.500. The minimum Gasteiger partial charge on any atom is -0.368 e. The van der Waals surface area contributed by atoms with E-state index in [1.165, 1.54) is 0 Å². The van der Waals surface area contributed by atoms with Crippen LogP contribution in [0.2, 0.25) is 0 Å². The maximum atomic E-state index is 12.4. The molecule has 1 N–H and O–H groups in total. The van der Waals surface area contributed by atoms with Gasteiger partial charge < -0.3 is 10.2 Å². The lowest BCUT2D eigenvalue weighted by atomic mass is 10.1. The largest absolute Gasteiger partial charge is 0.368 e. The van der Waals surface area contributed by atoms with Gasteiger partial charge in [-0.25, -0.2) is 4.98 Å². The Hall–Kier alpha value is -1.58. The van der Waals surface area contributed by atoms with Crippen LogP contribution in [0.4, 0.5) is 5.82 Å². The second-order valence-corrected chi connectivity index (χ2v) is 5.09. The van der Waals surface area contributed by atoms with E-state index in [0.717, 1.165) is 18.7 Å². The molecule has 0 aliphatic carbocycles. The second kappa shape index (κ2) is 7.12. The van der Waals surface area contributed by atoms with Crippen molar-refractivity contribution in [2.75, 3.05) is 12.4 Å². The number of pyridine rings is 1. The number of amides is 1. The quantitative estimate of drug-likeness (QED) is 0.857. The highest BCUT2D eigenvalue weighted by atomic mass is 16.2. The summed E-state index contributed by atoms with van der Waals surface area (Å²) in [5, 5.41) is 3.21. The first-order valence-corrected chi connectivity index (χ1v) is 7.00. The van der Waals surface area contributed by atoms with Crippen LogP contribution in [0.3, 0.4) is 0 Å². The van der Waals surface area contributed by atoms with Crippen molar-refractivity contribution in [1.82, 2.24) is 9.88 Å². The van der Waals surface area contributed by atoms with Gasteiger partial charge in [-0.1, -0.05) is 19.9 Å². The van der Waals surface area contributed by atoms with E-state index in [1.807, 2.05) is 33.0 Å². The Balaban J connectivity index is 2.87. The summed E-state index contributed by atoms with van der Waals surface area (Å²) >= 11 is 0. The summed E-state index contributed by atoms with van der Waals surface area (Å²) < 4.78 is 0. The lowest BCUT2D eigenvalue weighted by Crippen LogP contribution is -2.36. The van der Waals surface area contributed by atoms with Crippen molar-refractivity contribution in [1.29, 1.82) is 0 Å². The molecule has 0 atom stereocenters. The van der Waals surface area contributed by atoms with Crippen molar-refractivity contribution in [3.05, 3.63) is 23.9 Å². The minimum atomic E-state index is -0.0129. The van der Waals surface area contributed by atoms with Crippen molar-refractivity contribution < 1.29 is 4.79 Å². The van der Waals surface area contributed by atoms with E-state index in [9.17, 15) is 4.79 Å². The summed E-state index contributed by atoms with van der Waals surface area (Å²) in [6.07, 6.45) is 1.92. The molecule has 1 heterocycles. The van der Waals surface area contributed by atoms with Crippen molar-refractivity contribution in [3.8, 4) is 0 Å². The number of carbonyl (C=O) groups is 1. The van der Waals surface area contributed by atoms with Crippen LogP contribution in [0.1, 0.15) is 51.0 Å². The van der Waals surface area contributed by atoms with Crippen molar-refractivity contribution in [2.24, 2.45) is 0 Å². The Kier molecular flexibility index (Phi) is 5.80. The molecule has 0 aliphatic heterocycles. The van der Waals surface area contributed by atoms with Crippen LogP contribution in [0.15, 0.2) is 18.2 Å². The molecular formula is C15H25N3O. The van der Waals surface area contributed by atoms with Crippen LogP contribution in [-0.2, 0) is 0 Å². The smallest absolute Gasteiger partial charge is 0.272 e. The Morgan fingerprint density at radius 3 is 2.47 bits per heavy atom. The summed E-state index contributed by atoms with van der Waals surface area (Å²) in [6, 6.07) is 6.09. The highest BCUT2D eigenvalue weighted by Gasteiger charge is 2.19. The summed E-state index contributed by atoms with van der Waals surface area (Å²) in [4.78, 5) is 18.6. The number of anilines is 1. The van der Waals surface area contributed by atoms with Gasteiger partial charge in [0.05, 0.1) is 0 Å². The van der Waals surface area contributed by atoms with Crippen LogP contribution in [0, 0.1) is 0 Å². The fraction of sp³-hybridized carbons (Fsp3) is 0.600. The number of aromatic nitrogens is 1. The van der Waals surface area contributed by atoms with Gasteiger partial charge in [-0.15, -0.1) is 0 Å². The second-order valence-electron chi connectivity index (χ2n) is 5.09. The first-order valence-electron chi connectivity index (χ1n) is 7.00. The molecule has 4 nitrogen and oxygen atoms in total. The van der Waals surface area contributed by atoms with Crippen molar-refractivity contribution in [3.63, 3.8) is 0 Å². The zero-order valence-electron chi connectivity index (χ0n) is 12.6. The fourth-order valence-corrected chi connectivity index (χ4v) is 2.11. The highest BCUT2D eigenvalue weighted by molar-refractivity contribution is 5.92. The van der Waals surface area contributed by atoms with Gasteiger partial charge in [-0.3, -0.25) is 4.79 Å². The molecule has 1 aromatic heterocycles. The van der Waals surface area contributed by atoms with Crippen LogP contribution in [0.25, 0.3) is 0 Å². The lowest BCUT2D eigenvalue weighted by molar-refractivity contribution is 0.0718. The SMILES string of the molecule is CCC(CC)N(C)C(=O)c1cccc(NC(C)C)n1. The van der Waals surface area contributed by atoms with E-state index in [4.69, 9.17) is 0 Å². The van der Waals surface area contributed by atoms with Gasteiger partial charge in [0, 0.05) is 19.1 Å². The predicted octanol–water partition coefficient (Wildman–Crippen LogP) is 3.16. The zero-order chi connectivity index (χ0) is 14.4. The summed E-state index contributed by atoms with van der Waals surface area (Å²) in [5.74, 6) is 0.736. The molecule has 0 bridgehead atoms. The molecule has 0 unspecified atom stereocenters. The monoisotopic (exact) mass is 263 g/mol. The number of carbonyl (C=O) groups excluding carboxylic acids is 1. The van der Waals surface area contributed by atoms with Crippen LogP contribution in [0.5, 0.6) is 0 Å². The van der Waals surface area contributed by atoms with Gasteiger partial charge >= 0.3 is 0 Å². The molecule has 106 valence electrons. The van der Waals surface area contributed by atoms with Crippen molar-refractivity contribution in [2.45, 2.75) is 52.6 Å². The molecule has 0 saturated heterocycles. The zero-order valence-corrected chi connectivity index (χ0v) is 12.6. The highest BCUT2D eigenvalue weighted by Crippen LogP contribution is 2.12. The predicted molar refractivity (Wildman–Crippen MR) is 79.5 cm³/mol. The number of nitrogens with zero attached hydrogens (tertiary/aromatic N) is 2. The Morgan fingerprint density at radius 2 is 1.95 bits per heavy atom. The third-order valence-electron chi connectivity index (χ3n) is 3.22. The van der Waals surface area contributed by atoms with Gasteiger partial charge in [0.1, 0.15) is 11.5 Å². The summed E-state index contributed by atoms with van der Waals surface area (Å²) in [6.45, 7) is 8.29. The molecule has 1 aromatic rings. The van der Waals surface area contributed by atoms with E-state index in [2.05, 4.69) is 24.1 Å². The molecule has 0 fully saturated rings. The average Bonchev–Trinajstić information content (AvgIpc) is 2.38. The van der Waals surface area contributed by atoms with Gasteiger partial charge in [0.15, 0.2) is 0 Å². The first-order chi connectivity index (χ1) is 8.99. The van der Waals surface area contributed by atoms with Gasteiger partial charge in [-0.05, 0) is 38.8 Å². The molecular weight excluding hydrogens is 238 g/mol. The minimum absolute atomic E-state index is 0.0129. The number of nitrogens with one attached hydrogen (secondary N) is 1. The molecule has 0 aromatic carbocycles. The van der Waals surface area contributed by atoms with Crippen LogP contribution >= 0.6 is 0 Å². The molecule has 19 heavy (non-hydrogen) atoms. The third kappa shape index (κ3) is 4.23. The molecule has 0 aliphatic rings. The first kappa shape index (κ1) is 15.5. The number of hydrogen-bond acceptors (Lipinski definition) is 3. The Labute approximate surface area is 116 Å². The summed E-state index contributed by atoms with van der Waals surface area (Å²) in [7, 11) is 1.85. The van der Waals surface area contributed by atoms with Crippen molar-refractivity contribution >= 4 is 11.7 Å². The Bertz CT molecular complexity index is 414. The number of rotatable bonds is 6. The lowest BCUT2D eigenvalue weighted by Gasteiger charge is -2.26. The van der Waals surface area contributed by atoms with Gasteiger partial charge in [0.2, 0.25) is 0 Å². The normalized spacial score (nSPS) is 10.9. The standard InChI is InChI=1S/C15H25N3O/c1-6-12(7-2)18(5)15(19)13-9-8-10-14(17-13)16-11(3)4/h8-12H,6-7H2,1-5H3,(H,16,17). The Morgan fingerprint density at radius 1 is 1.32 bits per heavy atom. The topological polar surface area (TPSA) is 45.2 Å². The number of hydrogen-bond donors (Lipinski definition) is 1. The molecule has 0 saturated carbocycles. The van der Waals surface area contributed by atoms with Crippen LogP contribution in [-0.4, -0.2) is 34.9 Å². The maximum absolute atomic E-state index is 12.4. The molecule has 1 rings (SSSR count). The molecule has 0 spiro atoms. The molecule has 0 radical (unpaired) electrons. The van der Waals surface area contributed by atoms with E-state index < -0.39 is 0 Å². The molecule has 4 heteroatoms. The van der Waals surface area contributed by atoms with E-state index in [0.29, 0.717) is 11.7 Å². The van der Waals surface area contributed by atoms with E-state index in [-0.39, 0.29) is 11.9 Å². The molecule has 1 amide bonds. The van der Waals surface area contributed by atoms with E-state index in [1.54, 1.807) is 11.0 Å². The fourth-order valence-electron chi connectivity index (χ4n) is 2.11. The average molecular weight is 263 g/mol. The third-order valence-corrected chi connectivity index (χ3v) is 3.22. The maximum Gasteiger partial charge on any atom is 0.272 e.